The van der Waals surface area contributed by atoms with Crippen LogP contribution in [-0.4, -0.2) is 96.7 Å². The van der Waals surface area contributed by atoms with Crippen molar-refractivity contribution >= 4 is 39.5 Å². The molecule has 5 atom stereocenters. The molecule has 0 heterocycles. The van der Waals surface area contributed by atoms with Crippen molar-refractivity contribution in [3.05, 3.63) is 24.3 Å². The number of phosphoric acid groups is 2. The van der Waals surface area contributed by atoms with E-state index in [-0.39, 0.29) is 25.7 Å². The zero-order valence-electron chi connectivity index (χ0n) is 52.8. The smallest absolute Gasteiger partial charge is 0.462 e. The Hall–Kier alpha value is -2.46. The second-order valence-corrected chi connectivity index (χ2v) is 25.8. The second kappa shape index (κ2) is 57.3. The number of aliphatic hydroxyl groups excluding tert-OH is 1. The number of hydrogen-bond donors (Lipinski definition) is 3. The first-order valence-electron chi connectivity index (χ1n) is 33.0. The molecule has 0 fully saturated rings. The van der Waals surface area contributed by atoms with Crippen molar-refractivity contribution in [1.82, 2.24) is 0 Å². The molecule has 0 aromatic rings. The zero-order valence-corrected chi connectivity index (χ0v) is 54.6. The number of esters is 4. The number of aliphatic hydroxyl groups is 1. The molecule has 0 aliphatic carbocycles. The number of ether oxygens (including phenoxy) is 4. The van der Waals surface area contributed by atoms with E-state index in [0.717, 1.165) is 109 Å². The maximum absolute atomic E-state index is 13.0. The largest absolute Gasteiger partial charge is 0.472 e. The van der Waals surface area contributed by atoms with Crippen LogP contribution in [0.2, 0.25) is 0 Å². The highest BCUT2D eigenvalue weighted by Gasteiger charge is 2.30. The van der Waals surface area contributed by atoms with E-state index in [9.17, 15) is 43.2 Å². The topological polar surface area (TPSA) is 237 Å². The number of carbonyl (C=O) groups is 4. The lowest BCUT2D eigenvalue weighted by Crippen LogP contribution is -2.30. The third-order valence-corrected chi connectivity index (χ3v) is 16.1. The first kappa shape index (κ1) is 80.5. The lowest BCUT2D eigenvalue weighted by molar-refractivity contribution is -0.161. The molecule has 83 heavy (non-hydrogen) atoms. The van der Waals surface area contributed by atoms with E-state index in [2.05, 4.69) is 58.9 Å². The molecule has 0 saturated heterocycles. The van der Waals surface area contributed by atoms with Crippen molar-refractivity contribution in [2.45, 2.75) is 316 Å². The summed E-state index contributed by atoms with van der Waals surface area (Å²) in [6.07, 6.45) is 44.3. The Morgan fingerprint density at radius 3 is 0.988 bits per heavy atom. The molecule has 0 spiro atoms. The van der Waals surface area contributed by atoms with E-state index < -0.39 is 97.5 Å². The summed E-state index contributed by atoms with van der Waals surface area (Å²) < 4.78 is 67.7. The third-order valence-electron chi connectivity index (χ3n) is 14.2. The summed E-state index contributed by atoms with van der Waals surface area (Å²) in [4.78, 5) is 71.9. The van der Waals surface area contributed by atoms with Gasteiger partial charge in [0.1, 0.15) is 19.3 Å². The molecule has 2 unspecified atom stereocenters. The molecule has 17 nitrogen and oxygen atoms in total. The predicted octanol–water partition coefficient (Wildman–Crippen LogP) is 17.3. The molecule has 0 aliphatic heterocycles. The van der Waals surface area contributed by atoms with E-state index in [1.807, 2.05) is 0 Å². The number of allylic oxidation sites excluding steroid dienone is 4. The van der Waals surface area contributed by atoms with Gasteiger partial charge in [0.2, 0.25) is 0 Å². The highest BCUT2D eigenvalue weighted by molar-refractivity contribution is 7.47. The summed E-state index contributed by atoms with van der Waals surface area (Å²) in [6.45, 7) is 6.97. The molecule has 0 aromatic carbocycles. The second-order valence-electron chi connectivity index (χ2n) is 22.9. The summed E-state index contributed by atoms with van der Waals surface area (Å²) in [5, 5.41) is 10.5. The van der Waals surface area contributed by atoms with E-state index in [1.165, 1.54) is 103 Å². The average Bonchev–Trinajstić information content (AvgIpc) is 3.46. The Labute approximate surface area is 503 Å². The summed E-state index contributed by atoms with van der Waals surface area (Å²) in [5.41, 5.74) is 0. The Morgan fingerprint density at radius 1 is 0.373 bits per heavy atom. The van der Waals surface area contributed by atoms with Gasteiger partial charge in [0, 0.05) is 25.7 Å². The minimum absolute atomic E-state index is 0.0851. The highest BCUT2D eigenvalue weighted by Crippen LogP contribution is 2.45. The average molecular weight is 1220 g/mol. The molecule has 0 saturated carbocycles. The van der Waals surface area contributed by atoms with Crippen molar-refractivity contribution < 1.29 is 80.2 Å². The lowest BCUT2D eigenvalue weighted by Gasteiger charge is -2.21. The Morgan fingerprint density at radius 2 is 0.651 bits per heavy atom. The Balaban J connectivity index is 5.22. The van der Waals surface area contributed by atoms with Gasteiger partial charge in [0.25, 0.3) is 0 Å². The Bertz CT molecular complexity index is 1710. The van der Waals surface area contributed by atoms with Gasteiger partial charge in [-0.25, -0.2) is 9.13 Å². The zero-order chi connectivity index (χ0) is 61.3. The number of hydrogen-bond acceptors (Lipinski definition) is 15. The van der Waals surface area contributed by atoms with Gasteiger partial charge in [0.05, 0.1) is 26.4 Å². The molecule has 0 aliphatic rings. The van der Waals surface area contributed by atoms with Crippen molar-refractivity contribution in [1.29, 1.82) is 0 Å². The van der Waals surface area contributed by atoms with Gasteiger partial charge in [-0.1, -0.05) is 245 Å². The Kier molecular flexibility index (Phi) is 55.6. The van der Waals surface area contributed by atoms with Crippen molar-refractivity contribution in [3.8, 4) is 0 Å². The fourth-order valence-corrected chi connectivity index (χ4v) is 10.6. The minimum atomic E-state index is -4.95. The normalized spacial score (nSPS) is 14.4. The number of unbranched alkanes of at least 4 members (excludes halogenated alkanes) is 31. The first-order chi connectivity index (χ1) is 40.0. The first-order valence-corrected chi connectivity index (χ1v) is 35.9. The molecule has 0 radical (unpaired) electrons. The van der Waals surface area contributed by atoms with Gasteiger partial charge in [-0.3, -0.25) is 37.3 Å². The highest BCUT2D eigenvalue weighted by atomic mass is 31.2. The van der Waals surface area contributed by atoms with Crippen LogP contribution in [0.5, 0.6) is 0 Å². The van der Waals surface area contributed by atoms with Gasteiger partial charge in [-0.15, -0.1) is 0 Å². The van der Waals surface area contributed by atoms with E-state index in [4.69, 9.17) is 37.0 Å². The monoisotopic (exact) mass is 1220 g/mol. The van der Waals surface area contributed by atoms with Crippen molar-refractivity contribution in [3.63, 3.8) is 0 Å². The van der Waals surface area contributed by atoms with E-state index >= 15 is 0 Å². The number of carbonyl (C=O) groups excluding carboxylic acids is 4. The van der Waals surface area contributed by atoms with E-state index in [0.29, 0.717) is 31.6 Å². The predicted molar refractivity (Wildman–Crippen MR) is 331 cm³/mol. The fraction of sp³-hybridized carbons (Fsp3) is 0.875. The van der Waals surface area contributed by atoms with Crippen molar-refractivity contribution in [2.24, 2.45) is 5.92 Å². The molecule has 0 amide bonds. The summed E-state index contributed by atoms with van der Waals surface area (Å²) in [7, 11) is -9.89. The maximum atomic E-state index is 13.0. The fourth-order valence-electron chi connectivity index (χ4n) is 9.04. The summed E-state index contributed by atoms with van der Waals surface area (Å²) in [6, 6.07) is 0. The van der Waals surface area contributed by atoms with Gasteiger partial charge in [-0.2, -0.15) is 0 Å². The minimum Gasteiger partial charge on any atom is -0.462 e. The standard InChI is InChI=1S/C64H120O17P2/c1-6-9-12-15-17-19-21-23-24-26-28-30-34-39-44-49-63(68)81-60(54-75-62(67)48-43-38-33-29-27-25-22-20-18-16-13-10-7-2)56-79-83(72,73)77-52-58(65)51-76-82(70,71)78-55-59(53-74-61(66)47-42-36-14-11-8-3)80-64(69)50-45-40-35-31-32-37-41-46-57(4)5/h19,21,23-24,57-60,65H,6-18,20,22,25-56H2,1-5H3,(H,70,71)(H,72,73)/b21-19-,24-23-/t58-,59+,60+/m0/s1. The quantitative estimate of drug-likeness (QED) is 0.0169. The van der Waals surface area contributed by atoms with Gasteiger partial charge < -0.3 is 33.8 Å². The molecule has 0 bridgehead atoms. The molecular weight excluding hydrogens is 1100 g/mol. The molecular formula is C64H120O17P2. The van der Waals surface area contributed by atoms with Crippen LogP contribution in [0.25, 0.3) is 0 Å². The van der Waals surface area contributed by atoms with Crippen LogP contribution in [0.1, 0.15) is 298 Å². The lowest BCUT2D eigenvalue weighted by atomic mass is 10.0. The third kappa shape index (κ3) is 58.3. The molecule has 488 valence electrons. The van der Waals surface area contributed by atoms with Crippen LogP contribution in [-0.2, 0) is 65.4 Å². The SMILES string of the molecule is CCCCCC/C=C\C=C/CCCCCCCC(=O)O[C@H](COC(=O)CCCCCCCCCCCCCCC)COP(=O)(O)OC[C@@H](O)COP(=O)(O)OC[C@@H](COC(=O)CCCCCCC)OC(=O)CCCCCCCCCC(C)C. The van der Waals surface area contributed by atoms with Crippen LogP contribution < -0.4 is 0 Å². The number of rotatable bonds is 62. The molecule has 0 aromatic heterocycles. The van der Waals surface area contributed by atoms with Crippen LogP contribution in [0.3, 0.4) is 0 Å². The van der Waals surface area contributed by atoms with Crippen LogP contribution >= 0.6 is 15.6 Å². The molecule has 3 N–H and O–H groups in total. The summed E-state index contributed by atoms with van der Waals surface area (Å²) in [5.74, 6) is -1.48. The van der Waals surface area contributed by atoms with Gasteiger partial charge >= 0.3 is 39.5 Å². The maximum Gasteiger partial charge on any atom is 0.472 e. The van der Waals surface area contributed by atoms with Crippen LogP contribution in [0.15, 0.2) is 24.3 Å². The molecule has 0 rings (SSSR count). The van der Waals surface area contributed by atoms with Gasteiger partial charge in [-0.05, 0) is 57.3 Å². The van der Waals surface area contributed by atoms with Crippen molar-refractivity contribution in [2.75, 3.05) is 39.6 Å². The summed E-state index contributed by atoms with van der Waals surface area (Å²) >= 11 is 0. The van der Waals surface area contributed by atoms with E-state index in [1.54, 1.807) is 0 Å². The van der Waals surface area contributed by atoms with Crippen LogP contribution in [0, 0.1) is 5.92 Å². The van der Waals surface area contributed by atoms with Gasteiger partial charge in [0.15, 0.2) is 12.2 Å². The number of phosphoric ester groups is 2. The van der Waals surface area contributed by atoms with Crippen LogP contribution in [0.4, 0.5) is 0 Å². The molecule has 19 heteroatoms.